The van der Waals surface area contributed by atoms with Crippen LogP contribution in [0.1, 0.15) is 62.5 Å². The summed E-state index contributed by atoms with van der Waals surface area (Å²) >= 11 is 0. The van der Waals surface area contributed by atoms with Gasteiger partial charge in [-0.3, -0.25) is 4.79 Å². The lowest BCUT2D eigenvalue weighted by Gasteiger charge is -2.27. The maximum atomic E-state index is 11.6. The normalized spacial score (nSPS) is 21.4. The Hall–Kier alpha value is -3.39. The number of alkyl carbamates (subject to hydrolysis) is 2. The first kappa shape index (κ1) is 27.2. The molecule has 2 aliphatic carbocycles. The molecule has 8 nitrogen and oxygen atoms in total. The molecule has 0 heterocycles. The Kier molecular flexibility index (Phi) is 11.2. The minimum absolute atomic E-state index is 0.109. The van der Waals surface area contributed by atoms with Crippen LogP contribution in [0.4, 0.5) is 9.59 Å². The van der Waals surface area contributed by atoms with E-state index in [1.807, 2.05) is 60.7 Å². The van der Waals surface area contributed by atoms with Gasteiger partial charge in [0.2, 0.25) is 0 Å². The number of ether oxygens (including phenoxy) is 2. The number of carbonyl (C=O) groups is 3. The maximum Gasteiger partial charge on any atom is 0.408 e. The van der Waals surface area contributed by atoms with Crippen molar-refractivity contribution in [2.45, 2.75) is 82.8 Å². The first-order valence-corrected chi connectivity index (χ1v) is 12.7. The Morgan fingerprint density at radius 1 is 0.750 bits per heavy atom. The molecule has 0 spiro atoms. The minimum atomic E-state index is -0.515. The number of ketones is 1. The fourth-order valence-electron chi connectivity index (χ4n) is 4.24. The van der Waals surface area contributed by atoms with E-state index in [0.29, 0.717) is 6.42 Å². The van der Waals surface area contributed by atoms with Crippen LogP contribution in [-0.2, 0) is 27.5 Å². The highest BCUT2D eigenvalue weighted by molar-refractivity contribution is 5.87. The van der Waals surface area contributed by atoms with Gasteiger partial charge in [-0.25, -0.2) is 9.59 Å². The van der Waals surface area contributed by atoms with Crippen molar-refractivity contribution in [3.8, 4) is 0 Å². The van der Waals surface area contributed by atoms with Gasteiger partial charge in [0.15, 0.2) is 5.78 Å². The quantitative estimate of drug-likeness (QED) is 0.537. The molecule has 0 saturated heterocycles. The number of hydrogen-bond acceptors (Lipinski definition) is 6. The smallest absolute Gasteiger partial charge is 0.408 e. The van der Waals surface area contributed by atoms with Crippen LogP contribution in [0, 0.1) is 0 Å². The predicted molar refractivity (Wildman–Crippen MR) is 135 cm³/mol. The molecule has 3 unspecified atom stereocenters. The average Bonchev–Trinajstić information content (AvgIpc) is 2.91. The number of rotatable bonds is 6. The van der Waals surface area contributed by atoms with E-state index in [4.69, 9.17) is 9.47 Å². The molecule has 0 radical (unpaired) electrons. The molecular formula is C28H36N2O6. The molecule has 4 rings (SSSR count). The fraction of sp³-hybridized carbons (Fsp3) is 0.464. The van der Waals surface area contributed by atoms with Gasteiger partial charge >= 0.3 is 12.2 Å². The Labute approximate surface area is 212 Å². The average molecular weight is 497 g/mol. The molecule has 0 aromatic heterocycles. The second-order valence-corrected chi connectivity index (χ2v) is 9.14. The van der Waals surface area contributed by atoms with Gasteiger partial charge in [-0.15, -0.1) is 0 Å². The molecule has 194 valence electrons. The molecule has 3 N–H and O–H groups in total. The molecule has 3 atom stereocenters. The summed E-state index contributed by atoms with van der Waals surface area (Å²) in [5.41, 5.74) is 1.89. The Morgan fingerprint density at radius 2 is 1.28 bits per heavy atom. The highest BCUT2D eigenvalue weighted by Crippen LogP contribution is 2.18. The molecule has 2 aromatic carbocycles. The number of amides is 2. The zero-order valence-corrected chi connectivity index (χ0v) is 20.6. The van der Waals surface area contributed by atoms with Gasteiger partial charge in [0.1, 0.15) is 13.2 Å². The number of benzene rings is 2. The SMILES string of the molecule is O=C(NC1CCCCC1=O)OCc1ccccc1.O=C(NC1CCCCC1O)OCc1ccccc1. The van der Waals surface area contributed by atoms with Gasteiger partial charge in [-0.1, -0.05) is 79.9 Å². The van der Waals surface area contributed by atoms with Crippen molar-refractivity contribution in [2.75, 3.05) is 0 Å². The topological polar surface area (TPSA) is 114 Å². The van der Waals surface area contributed by atoms with Crippen molar-refractivity contribution >= 4 is 18.0 Å². The Bertz CT molecular complexity index is 953. The van der Waals surface area contributed by atoms with Gasteiger partial charge in [0.25, 0.3) is 0 Å². The second-order valence-electron chi connectivity index (χ2n) is 9.14. The summed E-state index contributed by atoms with van der Waals surface area (Å²) in [6.45, 7) is 0.489. The lowest BCUT2D eigenvalue weighted by molar-refractivity contribution is -0.122. The molecular weight excluding hydrogens is 460 g/mol. The summed E-state index contributed by atoms with van der Waals surface area (Å²) in [7, 11) is 0. The third kappa shape index (κ3) is 9.70. The van der Waals surface area contributed by atoms with Crippen LogP contribution < -0.4 is 10.6 Å². The number of hydrogen-bond donors (Lipinski definition) is 3. The summed E-state index contributed by atoms with van der Waals surface area (Å²) in [6.07, 6.45) is 5.42. The number of Topliss-reactive ketones (excluding diaryl/α,β-unsaturated/α-hetero) is 1. The summed E-state index contributed by atoms with van der Waals surface area (Å²) in [4.78, 5) is 34.7. The molecule has 0 aliphatic heterocycles. The predicted octanol–water partition coefficient (Wildman–Crippen LogP) is 4.64. The van der Waals surface area contributed by atoms with Crippen LogP contribution in [0.15, 0.2) is 60.7 Å². The zero-order valence-electron chi connectivity index (χ0n) is 20.6. The number of aliphatic hydroxyl groups is 1. The van der Waals surface area contributed by atoms with Crippen molar-refractivity contribution in [3.63, 3.8) is 0 Å². The van der Waals surface area contributed by atoms with Gasteiger partial charge < -0.3 is 25.2 Å². The van der Waals surface area contributed by atoms with E-state index in [1.165, 1.54) is 0 Å². The third-order valence-electron chi connectivity index (χ3n) is 6.30. The van der Waals surface area contributed by atoms with E-state index in [1.54, 1.807) is 0 Å². The lowest BCUT2D eigenvalue weighted by atomic mass is 9.93. The molecule has 8 heteroatoms. The van der Waals surface area contributed by atoms with E-state index in [2.05, 4.69) is 10.6 Å². The molecule has 2 amide bonds. The minimum Gasteiger partial charge on any atom is -0.445 e. The van der Waals surface area contributed by atoms with E-state index in [9.17, 15) is 19.5 Å². The van der Waals surface area contributed by atoms with Gasteiger partial charge in [-0.05, 0) is 36.8 Å². The summed E-state index contributed by atoms with van der Waals surface area (Å²) < 4.78 is 10.2. The standard InChI is InChI=1S/C14H19NO3.C14H17NO3/c2*16-13-9-5-4-8-12(13)15-14(17)18-10-11-6-2-1-3-7-11/h1-3,6-7,12-13,16H,4-5,8-10H2,(H,15,17);1-3,6-7,12H,4-5,8-10H2,(H,15,17). The van der Waals surface area contributed by atoms with Gasteiger partial charge in [0.05, 0.1) is 18.2 Å². The Morgan fingerprint density at radius 3 is 1.83 bits per heavy atom. The second kappa shape index (κ2) is 14.9. The van der Waals surface area contributed by atoms with E-state index >= 15 is 0 Å². The summed E-state index contributed by atoms with van der Waals surface area (Å²) in [5.74, 6) is 0.109. The Balaban J connectivity index is 0.000000201. The molecule has 2 aromatic rings. The van der Waals surface area contributed by atoms with E-state index in [-0.39, 0.29) is 31.1 Å². The highest BCUT2D eigenvalue weighted by atomic mass is 16.6. The largest absolute Gasteiger partial charge is 0.445 e. The third-order valence-corrected chi connectivity index (χ3v) is 6.30. The summed E-state index contributed by atoms with van der Waals surface area (Å²) in [6, 6.07) is 18.5. The van der Waals surface area contributed by atoms with Crippen molar-refractivity contribution in [1.29, 1.82) is 0 Å². The monoisotopic (exact) mass is 496 g/mol. The van der Waals surface area contributed by atoms with Crippen LogP contribution in [0.5, 0.6) is 0 Å². The van der Waals surface area contributed by atoms with Crippen molar-refractivity contribution < 1.29 is 29.0 Å². The zero-order chi connectivity index (χ0) is 25.6. The first-order chi connectivity index (χ1) is 17.5. The fourth-order valence-corrected chi connectivity index (χ4v) is 4.24. The molecule has 2 saturated carbocycles. The first-order valence-electron chi connectivity index (χ1n) is 12.7. The van der Waals surface area contributed by atoms with Crippen LogP contribution >= 0.6 is 0 Å². The van der Waals surface area contributed by atoms with Crippen LogP contribution in [0.3, 0.4) is 0 Å². The lowest BCUT2D eigenvalue weighted by Crippen LogP contribution is -2.45. The van der Waals surface area contributed by atoms with Crippen molar-refractivity contribution in [1.82, 2.24) is 10.6 Å². The van der Waals surface area contributed by atoms with Crippen LogP contribution in [-0.4, -0.2) is 41.3 Å². The number of nitrogens with one attached hydrogen (secondary N) is 2. The molecule has 2 aliphatic rings. The van der Waals surface area contributed by atoms with Crippen LogP contribution in [0.2, 0.25) is 0 Å². The van der Waals surface area contributed by atoms with Gasteiger partial charge in [-0.2, -0.15) is 0 Å². The number of aliphatic hydroxyl groups excluding tert-OH is 1. The van der Waals surface area contributed by atoms with E-state index < -0.39 is 18.3 Å². The molecule has 0 bridgehead atoms. The van der Waals surface area contributed by atoms with E-state index in [0.717, 1.165) is 56.1 Å². The molecule has 2 fully saturated rings. The van der Waals surface area contributed by atoms with Crippen LogP contribution in [0.25, 0.3) is 0 Å². The highest BCUT2D eigenvalue weighted by Gasteiger charge is 2.25. The van der Waals surface area contributed by atoms with Crippen molar-refractivity contribution in [2.24, 2.45) is 0 Å². The van der Waals surface area contributed by atoms with Gasteiger partial charge in [0, 0.05) is 6.42 Å². The summed E-state index contributed by atoms with van der Waals surface area (Å²) in [5, 5.41) is 15.1. The van der Waals surface area contributed by atoms with Crippen molar-refractivity contribution in [3.05, 3.63) is 71.8 Å². The number of carbonyl (C=O) groups excluding carboxylic acids is 3. The maximum absolute atomic E-state index is 11.6. The molecule has 36 heavy (non-hydrogen) atoms.